The molecule has 6 nitrogen and oxygen atoms in total. The van der Waals surface area contributed by atoms with Crippen LogP contribution in [0.2, 0.25) is 0 Å². The van der Waals surface area contributed by atoms with Gasteiger partial charge in [-0.15, -0.1) is 13.2 Å². The SMILES string of the molecule is COC(=O)c1cnc(OC(F)(F)F)c(C#N)c1N. The number of carbonyl (C=O) groups is 1. The molecule has 9 heteroatoms. The molecule has 0 amide bonds. The van der Waals surface area contributed by atoms with Gasteiger partial charge in [-0.3, -0.25) is 0 Å². The lowest BCUT2D eigenvalue weighted by atomic mass is 10.1. The molecule has 1 aromatic rings. The maximum Gasteiger partial charge on any atom is 0.574 e. The number of nitrogens with two attached hydrogens (primary N) is 1. The standard InChI is InChI=1S/C9H6F3N3O3/c1-17-8(16)5-3-15-7(18-9(10,11)12)4(2-13)6(5)14/h3H,1H3,(H2,14,15). The van der Waals surface area contributed by atoms with E-state index in [1.165, 1.54) is 6.07 Å². The third kappa shape index (κ3) is 2.79. The van der Waals surface area contributed by atoms with Crippen molar-refractivity contribution >= 4 is 11.7 Å². The molecule has 0 bridgehead atoms. The van der Waals surface area contributed by atoms with E-state index in [2.05, 4.69) is 14.5 Å². The van der Waals surface area contributed by atoms with Gasteiger partial charge in [0.15, 0.2) is 0 Å². The molecule has 18 heavy (non-hydrogen) atoms. The predicted molar refractivity (Wildman–Crippen MR) is 51.4 cm³/mol. The molecule has 0 aromatic carbocycles. The van der Waals surface area contributed by atoms with Gasteiger partial charge in [-0.2, -0.15) is 5.26 Å². The number of aromatic nitrogens is 1. The van der Waals surface area contributed by atoms with Crippen molar-refractivity contribution in [3.05, 3.63) is 17.3 Å². The first-order chi connectivity index (χ1) is 8.30. The Bertz CT molecular complexity index is 522. The minimum absolute atomic E-state index is 0.316. The second-order valence-electron chi connectivity index (χ2n) is 2.92. The molecule has 0 saturated heterocycles. The summed E-state index contributed by atoms with van der Waals surface area (Å²) in [6.45, 7) is 0. The summed E-state index contributed by atoms with van der Waals surface area (Å²) in [4.78, 5) is 14.4. The number of hydrogen-bond acceptors (Lipinski definition) is 6. The average Bonchev–Trinajstić information content (AvgIpc) is 2.26. The Morgan fingerprint density at radius 1 is 1.56 bits per heavy atom. The summed E-state index contributed by atoms with van der Waals surface area (Å²) < 4.78 is 43.9. The van der Waals surface area contributed by atoms with Crippen LogP contribution >= 0.6 is 0 Å². The lowest BCUT2D eigenvalue weighted by Gasteiger charge is -2.11. The second-order valence-corrected chi connectivity index (χ2v) is 2.92. The van der Waals surface area contributed by atoms with Crippen LogP contribution in [0.3, 0.4) is 0 Å². The van der Waals surface area contributed by atoms with Gasteiger partial charge in [-0.1, -0.05) is 0 Å². The van der Waals surface area contributed by atoms with Crippen LogP contribution in [0.5, 0.6) is 5.88 Å². The number of rotatable bonds is 2. The van der Waals surface area contributed by atoms with Gasteiger partial charge >= 0.3 is 12.3 Å². The highest BCUT2D eigenvalue weighted by atomic mass is 19.4. The Hall–Kier alpha value is -2.50. The summed E-state index contributed by atoms with van der Waals surface area (Å²) in [5.74, 6) is -1.94. The Morgan fingerprint density at radius 3 is 2.61 bits per heavy atom. The van der Waals surface area contributed by atoms with Crippen LogP contribution in [0.4, 0.5) is 18.9 Å². The van der Waals surface area contributed by atoms with Crippen molar-refractivity contribution in [2.75, 3.05) is 12.8 Å². The van der Waals surface area contributed by atoms with Gasteiger partial charge in [0, 0.05) is 6.20 Å². The fourth-order valence-electron chi connectivity index (χ4n) is 1.07. The number of anilines is 1. The van der Waals surface area contributed by atoms with E-state index in [4.69, 9.17) is 11.0 Å². The first-order valence-corrected chi connectivity index (χ1v) is 4.32. The van der Waals surface area contributed by atoms with E-state index in [1.807, 2.05) is 0 Å². The molecule has 0 fully saturated rings. The Labute approximate surface area is 98.7 Å². The first-order valence-electron chi connectivity index (χ1n) is 4.32. The quantitative estimate of drug-likeness (QED) is 0.803. The van der Waals surface area contributed by atoms with Crippen molar-refractivity contribution in [2.45, 2.75) is 6.36 Å². The van der Waals surface area contributed by atoms with E-state index in [0.29, 0.717) is 0 Å². The van der Waals surface area contributed by atoms with Crippen LogP contribution in [0.15, 0.2) is 6.20 Å². The number of ether oxygens (including phenoxy) is 2. The molecule has 0 radical (unpaired) electrons. The van der Waals surface area contributed by atoms with E-state index >= 15 is 0 Å². The molecule has 0 saturated carbocycles. The number of methoxy groups -OCH3 is 1. The number of nitrogen functional groups attached to an aromatic ring is 1. The van der Waals surface area contributed by atoms with E-state index in [-0.39, 0.29) is 5.56 Å². The Morgan fingerprint density at radius 2 is 2.17 bits per heavy atom. The number of alkyl halides is 3. The third-order valence-electron chi connectivity index (χ3n) is 1.81. The van der Waals surface area contributed by atoms with Gasteiger partial charge < -0.3 is 15.2 Å². The maximum absolute atomic E-state index is 12.0. The fourth-order valence-corrected chi connectivity index (χ4v) is 1.07. The summed E-state index contributed by atoms with van der Waals surface area (Å²) in [5.41, 5.74) is 3.89. The number of hydrogen-bond donors (Lipinski definition) is 1. The molecule has 0 aliphatic carbocycles. The highest BCUT2D eigenvalue weighted by Crippen LogP contribution is 2.29. The molecular formula is C9H6F3N3O3. The molecular weight excluding hydrogens is 255 g/mol. The lowest BCUT2D eigenvalue weighted by molar-refractivity contribution is -0.276. The topological polar surface area (TPSA) is 98.2 Å². The first kappa shape index (κ1) is 13.6. The van der Waals surface area contributed by atoms with Crippen molar-refractivity contribution in [3.63, 3.8) is 0 Å². The van der Waals surface area contributed by atoms with Crippen LogP contribution < -0.4 is 10.5 Å². The van der Waals surface area contributed by atoms with E-state index in [9.17, 15) is 18.0 Å². The monoisotopic (exact) mass is 261 g/mol. The molecule has 1 rings (SSSR count). The van der Waals surface area contributed by atoms with Crippen molar-refractivity contribution in [2.24, 2.45) is 0 Å². The molecule has 1 aromatic heterocycles. The summed E-state index contributed by atoms with van der Waals surface area (Å²) in [6, 6.07) is 1.39. The molecule has 1 heterocycles. The Balaban J connectivity index is 3.31. The van der Waals surface area contributed by atoms with Gasteiger partial charge in [0.1, 0.15) is 17.2 Å². The van der Waals surface area contributed by atoms with E-state index < -0.39 is 29.5 Å². The number of esters is 1. The minimum atomic E-state index is -5.02. The largest absolute Gasteiger partial charge is 0.574 e. The van der Waals surface area contributed by atoms with Crippen LogP contribution in [0, 0.1) is 11.3 Å². The Kier molecular flexibility index (Phi) is 3.61. The van der Waals surface area contributed by atoms with Crippen molar-refractivity contribution in [3.8, 4) is 11.9 Å². The number of halogens is 3. The minimum Gasteiger partial charge on any atom is -0.465 e. The summed E-state index contributed by atoms with van der Waals surface area (Å²) in [5, 5.41) is 8.71. The number of nitrogens with zero attached hydrogens (tertiary/aromatic N) is 2. The van der Waals surface area contributed by atoms with Crippen molar-refractivity contribution in [1.82, 2.24) is 4.98 Å². The summed E-state index contributed by atoms with van der Waals surface area (Å²) >= 11 is 0. The van der Waals surface area contributed by atoms with Gasteiger partial charge in [0.25, 0.3) is 0 Å². The normalized spacial score (nSPS) is 10.6. The van der Waals surface area contributed by atoms with Crippen molar-refractivity contribution in [1.29, 1.82) is 5.26 Å². The molecule has 0 aliphatic heterocycles. The zero-order valence-electron chi connectivity index (χ0n) is 8.91. The zero-order chi connectivity index (χ0) is 13.9. The van der Waals surface area contributed by atoms with Gasteiger partial charge in [0.2, 0.25) is 5.88 Å². The third-order valence-corrected chi connectivity index (χ3v) is 1.81. The van der Waals surface area contributed by atoms with Crippen molar-refractivity contribution < 1.29 is 27.4 Å². The highest BCUT2D eigenvalue weighted by molar-refractivity contribution is 5.96. The van der Waals surface area contributed by atoms with Crippen LogP contribution in [0.25, 0.3) is 0 Å². The fraction of sp³-hybridized carbons (Fsp3) is 0.222. The number of nitriles is 1. The smallest absolute Gasteiger partial charge is 0.465 e. The molecule has 2 N–H and O–H groups in total. The average molecular weight is 261 g/mol. The van der Waals surface area contributed by atoms with E-state index in [1.54, 1.807) is 0 Å². The molecule has 0 unspecified atom stereocenters. The second kappa shape index (κ2) is 4.79. The van der Waals surface area contributed by atoms with Crippen LogP contribution in [-0.4, -0.2) is 24.4 Å². The van der Waals surface area contributed by atoms with E-state index in [0.717, 1.165) is 13.3 Å². The molecule has 0 aliphatic rings. The summed E-state index contributed by atoms with van der Waals surface area (Å²) in [6.07, 6.45) is -4.28. The molecule has 0 spiro atoms. The highest BCUT2D eigenvalue weighted by Gasteiger charge is 2.34. The van der Waals surface area contributed by atoms with Gasteiger partial charge in [0.05, 0.1) is 12.8 Å². The number of pyridine rings is 1. The molecule has 0 atom stereocenters. The number of carbonyl (C=O) groups excluding carboxylic acids is 1. The van der Waals surface area contributed by atoms with Gasteiger partial charge in [-0.05, 0) is 0 Å². The lowest BCUT2D eigenvalue weighted by Crippen LogP contribution is -2.20. The predicted octanol–water partition coefficient (Wildman–Crippen LogP) is 1.22. The van der Waals surface area contributed by atoms with Crippen LogP contribution in [0.1, 0.15) is 15.9 Å². The molecule has 96 valence electrons. The van der Waals surface area contributed by atoms with Gasteiger partial charge in [-0.25, -0.2) is 9.78 Å². The maximum atomic E-state index is 12.0. The van der Waals surface area contributed by atoms with Crippen LogP contribution in [-0.2, 0) is 4.74 Å². The summed E-state index contributed by atoms with van der Waals surface area (Å²) in [7, 11) is 1.05. The zero-order valence-corrected chi connectivity index (χ0v) is 8.91.